The van der Waals surface area contributed by atoms with Gasteiger partial charge in [-0.05, 0) is 66.7 Å². The van der Waals surface area contributed by atoms with Gasteiger partial charge in [0, 0.05) is 35.4 Å². The number of ether oxygens (including phenoxy) is 1. The Kier molecular flexibility index (Phi) is 18.3. The highest BCUT2D eigenvalue weighted by Gasteiger charge is 2.38. The molecule has 0 aromatic rings. The Morgan fingerprint density at radius 1 is 0.939 bits per heavy atom. The van der Waals surface area contributed by atoms with Crippen LogP contribution >= 0.6 is 9.47 Å². The molecule has 18 heteroatoms. The van der Waals surface area contributed by atoms with Crippen LogP contribution in [0.2, 0.25) is 0 Å². The lowest BCUT2D eigenvalue weighted by Crippen LogP contribution is -2.40. The maximum atomic E-state index is 12.1. The topological polar surface area (TPSA) is 192 Å². The highest BCUT2D eigenvalue weighted by molar-refractivity contribution is 7.09. The molecule has 0 saturated carbocycles. The van der Waals surface area contributed by atoms with Crippen LogP contribution in [0.1, 0.15) is 32.1 Å². The van der Waals surface area contributed by atoms with Crippen LogP contribution in [-0.2, 0) is 64.2 Å². The Balaban J connectivity index is 2.02. The van der Waals surface area contributed by atoms with E-state index < -0.39 is 24.2 Å². The van der Waals surface area contributed by atoms with Crippen molar-refractivity contribution in [1.82, 2.24) is 16.0 Å². The van der Waals surface area contributed by atoms with Crippen molar-refractivity contribution < 1.29 is 69.3 Å². The summed E-state index contributed by atoms with van der Waals surface area (Å²) in [7, 11) is 3.56. The lowest BCUT2D eigenvalue weighted by molar-refractivity contribution is -0.841. The third-order valence-electron chi connectivity index (χ3n) is 4.11. The number of unbranched alkanes of at least 4 members (excludes halogenated alkanes) is 2. The van der Waals surface area contributed by atoms with E-state index in [1.165, 1.54) is 0 Å². The first kappa shape index (κ1) is 29.9. The van der Waals surface area contributed by atoms with Gasteiger partial charge in [-0.2, -0.15) is 4.67 Å². The predicted molar refractivity (Wildman–Crippen MR) is 103 cm³/mol. The highest BCUT2D eigenvalue weighted by Crippen LogP contribution is 2.21. The van der Waals surface area contributed by atoms with Crippen LogP contribution in [0.5, 0.6) is 0 Å². The van der Waals surface area contributed by atoms with Crippen molar-refractivity contribution >= 4 is 21.3 Å². The normalized spacial score (nSPS) is 20.2. The molecule has 4 atom stereocenters. The van der Waals surface area contributed by atoms with Crippen molar-refractivity contribution in [3.05, 3.63) is 0 Å². The van der Waals surface area contributed by atoms with Crippen molar-refractivity contribution in [3.8, 4) is 0 Å². The average Bonchev–Trinajstić information content (AvgIpc) is 3.18. The molecule has 0 aromatic carbocycles. The van der Waals surface area contributed by atoms with Crippen molar-refractivity contribution in [2.24, 2.45) is 0 Å². The smallest absolute Gasteiger partial charge is 0.249 e. The summed E-state index contributed by atoms with van der Waals surface area (Å²) in [5.41, 5.74) is 0. The second-order valence-corrected chi connectivity index (χ2v) is 6.64. The molecule has 1 fully saturated rings. The molecule has 33 heavy (non-hydrogen) atoms. The first-order chi connectivity index (χ1) is 16.1. The summed E-state index contributed by atoms with van der Waals surface area (Å²) in [5.74, 6) is -0.496. The van der Waals surface area contributed by atoms with Crippen LogP contribution < -0.4 is 16.0 Å². The Hall–Kier alpha value is -1.15. The highest BCUT2D eigenvalue weighted by atomic mass is 31.0. The monoisotopic (exact) mass is 507 g/mol. The number of rotatable bonds is 21. The number of aliphatic hydroxyl groups excluding tert-OH is 1. The maximum absolute atomic E-state index is 12.1. The van der Waals surface area contributed by atoms with Crippen LogP contribution in [0.4, 0.5) is 0 Å². The van der Waals surface area contributed by atoms with Crippen molar-refractivity contribution in [3.63, 3.8) is 0 Å². The van der Waals surface area contributed by atoms with E-state index in [-0.39, 0.29) is 32.0 Å². The van der Waals surface area contributed by atoms with Crippen LogP contribution in [0, 0.1) is 0 Å². The van der Waals surface area contributed by atoms with Crippen LogP contribution in [0.25, 0.3) is 0 Å². The lowest BCUT2D eigenvalue weighted by atomic mass is 10.1. The first-order valence-corrected chi connectivity index (χ1v) is 10.4. The van der Waals surface area contributed by atoms with Gasteiger partial charge in [0.2, 0.25) is 11.8 Å². The summed E-state index contributed by atoms with van der Waals surface area (Å²) in [6.45, 7) is 1.13. The zero-order valence-electron chi connectivity index (χ0n) is 17.9. The molecule has 194 valence electrons. The molecule has 4 N–H and O–H groups in total. The fourth-order valence-electron chi connectivity index (χ4n) is 2.60. The van der Waals surface area contributed by atoms with Gasteiger partial charge >= 0.3 is 0 Å². The average molecular weight is 507 g/mol. The summed E-state index contributed by atoms with van der Waals surface area (Å²) in [6, 6.07) is 0. The van der Waals surface area contributed by atoms with E-state index in [0.717, 1.165) is 25.8 Å². The molecule has 0 radical (unpaired) electrons. The zero-order chi connectivity index (χ0) is 24.2. The molecule has 0 aromatic heterocycles. The Bertz CT molecular complexity index is 522. The van der Waals surface area contributed by atoms with E-state index in [1.54, 1.807) is 9.47 Å². The van der Waals surface area contributed by atoms with Crippen LogP contribution in [0.15, 0.2) is 0 Å². The van der Waals surface area contributed by atoms with Crippen molar-refractivity contribution in [2.45, 2.75) is 50.4 Å². The minimum atomic E-state index is -0.989. The third-order valence-corrected chi connectivity index (χ3v) is 4.19. The van der Waals surface area contributed by atoms with Gasteiger partial charge in [-0.1, -0.05) is 6.42 Å². The molecule has 1 rings (SSSR count). The predicted octanol–water partition coefficient (Wildman–Crippen LogP) is -1.29. The van der Waals surface area contributed by atoms with Crippen LogP contribution in [0.3, 0.4) is 0 Å². The second kappa shape index (κ2) is 20.2. The largest absolute Gasteiger partial charge is 0.390 e. The van der Waals surface area contributed by atoms with Crippen LogP contribution in [-0.4, -0.2) is 68.5 Å². The van der Waals surface area contributed by atoms with E-state index >= 15 is 0 Å². The molecular formula is C15H30N3O14P. The van der Waals surface area contributed by atoms with Gasteiger partial charge in [-0.15, -0.1) is 0 Å². The van der Waals surface area contributed by atoms with E-state index in [2.05, 4.69) is 65.8 Å². The van der Waals surface area contributed by atoms with Crippen molar-refractivity contribution in [2.75, 3.05) is 33.3 Å². The van der Waals surface area contributed by atoms with Gasteiger partial charge < -0.3 is 25.8 Å². The van der Waals surface area contributed by atoms with E-state index in [0.29, 0.717) is 6.42 Å². The number of nitrogens with one attached hydrogen (secondary N) is 3. The number of amides is 2. The molecular weight excluding hydrogens is 477 g/mol. The van der Waals surface area contributed by atoms with Gasteiger partial charge in [-0.25, -0.2) is 4.89 Å². The Morgan fingerprint density at radius 3 is 2.30 bits per heavy atom. The molecule has 2 amide bonds. The molecule has 17 nitrogen and oxygen atoms in total. The summed E-state index contributed by atoms with van der Waals surface area (Å²) < 4.78 is 9.28. The molecule has 4 unspecified atom stereocenters. The maximum Gasteiger partial charge on any atom is 0.249 e. The SMILES string of the molecule is CNCCCCCC(=O)NCCNC(=O)C1CC(O)C(COOOOOOOOOOP)O1. The molecule has 0 bridgehead atoms. The van der Waals surface area contributed by atoms with Crippen molar-refractivity contribution in [1.29, 1.82) is 0 Å². The molecule has 0 aliphatic carbocycles. The fraction of sp³-hybridized carbons (Fsp3) is 0.867. The van der Waals surface area contributed by atoms with Gasteiger partial charge in [0.05, 0.1) is 6.10 Å². The lowest BCUT2D eigenvalue weighted by Gasteiger charge is -2.14. The van der Waals surface area contributed by atoms with E-state index in [4.69, 9.17) is 4.74 Å². The van der Waals surface area contributed by atoms with Gasteiger partial charge in [0.25, 0.3) is 0 Å². The van der Waals surface area contributed by atoms with Gasteiger partial charge in [0.1, 0.15) is 18.8 Å². The summed E-state index contributed by atoms with van der Waals surface area (Å²) in [6.07, 6.45) is 0.540. The van der Waals surface area contributed by atoms with Gasteiger partial charge in [0.15, 0.2) is 0 Å². The summed E-state index contributed by atoms with van der Waals surface area (Å²) >= 11 is 0. The molecule has 1 aliphatic rings. The van der Waals surface area contributed by atoms with Gasteiger partial charge in [-0.3, -0.25) is 9.59 Å². The summed E-state index contributed by atoms with van der Waals surface area (Å²) in [5, 5.41) is 48.7. The number of carbonyl (C=O) groups excluding carboxylic acids is 2. The number of hydrogen-bond acceptors (Lipinski definition) is 15. The minimum Gasteiger partial charge on any atom is -0.390 e. The molecule has 0 spiro atoms. The van der Waals surface area contributed by atoms with E-state index in [9.17, 15) is 14.7 Å². The fourth-order valence-corrected chi connectivity index (χ4v) is 2.63. The Labute approximate surface area is 191 Å². The molecule has 1 aliphatic heterocycles. The zero-order valence-corrected chi connectivity index (χ0v) is 19.1. The number of hydrogen-bond donors (Lipinski definition) is 4. The van der Waals surface area contributed by atoms with E-state index in [1.807, 2.05) is 7.05 Å². The molecule has 1 saturated heterocycles. The quantitative estimate of drug-likeness (QED) is 0.0620. The number of aliphatic hydroxyl groups is 1. The number of carbonyl (C=O) groups is 2. The standard InChI is InChI=1S/C15H30N3O14P/c1-16-6-4-2-3-5-14(20)17-7-8-18-15(21)12-9-11(19)13(23-12)10-22-24-25-26-27-28-29-30-31-32-33/h11-13,16,19H,2-10,33H2,1H3,(H,17,20)(H,18,21). The third kappa shape index (κ3) is 15.4. The Morgan fingerprint density at radius 2 is 1.61 bits per heavy atom. The summed E-state index contributed by atoms with van der Waals surface area (Å²) in [4.78, 5) is 28.4. The minimum absolute atomic E-state index is 0.0482. The second-order valence-electron chi connectivity index (χ2n) is 6.45. The first-order valence-electron chi connectivity index (χ1n) is 9.92. The molecule has 1 heterocycles.